The number of sulfonamides is 1. The highest BCUT2D eigenvalue weighted by atomic mass is 32.2. The zero-order valence-electron chi connectivity index (χ0n) is 11.5. The molecule has 0 aliphatic heterocycles. The highest BCUT2D eigenvalue weighted by molar-refractivity contribution is 7.89. The van der Waals surface area contributed by atoms with Crippen molar-refractivity contribution in [2.75, 3.05) is 12.4 Å². The van der Waals surface area contributed by atoms with E-state index in [2.05, 4.69) is 4.72 Å². The van der Waals surface area contributed by atoms with Crippen LogP contribution in [0.1, 0.15) is 29.8 Å². The maximum absolute atomic E-state index is 11.7. The molecule has 0 aliphatic carbocycles. The van der Waals surface area contributed by atoms with Gasteiger partial charge >= 0.3 is 5.97 Å². The average molecular weight is 301 g/mol. The van der Waals surface area contributed by atoms with Crippen LogP contribution in [0.5, 0.6) is 0 Å². The lowest BCUT2D eigenvalue weighted by Gasteiger charge is -2.09. The van der Waals surface area contributed by atoms with Gasteiger partial charge < -0.3 is 9.84 Å². The third kappa shape index (κ3) is 6.14. The predicted octanol–water partition coefficient (Wildman–Crippen LogP) is 1.23. The topological polar surface area (TPSA) is 92.7 Å². The summed E-state index contributed by atoms with van der Waals surface area (Å²) in [6, 6.07) is 6.14. The molecule has 6 nitrogen and oxygen atoms in total. The summed E-state index contributed by atoms with van der Waals surface area (Å²) >= 11 is 0. The highest BCUT2D eigenvalue weighted by Gasteiger charge is 2.11. The largest absolute Gasteiger partial charge is 0.478 e. The van der Waals surface area contributed by atoms with Crippen molar-refractivity contribution in [3.05, 3.63) is 35.4 Å². The minimum absolute atomic E-state index is 0.0163. The number of aromatic carboxylic acids is 1. The SMILES string of the molecule is CC(C)OCCS(=O)(=O)NCc1cccc(C(=O)O)c1. The van der Waals surface area contributed by atoms with Crippen LogP contribution in [0.2, 0.25) is 0 Å². The molecule has 2 N–H and O–H groups in total. The molecule has 0 fully saturated rings. The number of carboxylic acid groups (broad SMARTS) is 1. The van der Waals surface area contributed by atoms with E-state index in [1.54, 1.807) is 12.1 Å². The number of hydrogen-bond donors (Lipinski definition) is 2. The van der Waals surface area contributed by atoms with Crippen molar-refractivity contribution in [2.24, 2.45) is 0 Å². The fraction of sp³-hybridized carbons (Fsp3) is 0.462. The van der Waals surface area contributed by atoms with E-state index >= 15 is 0 Å². The second-order valence-corrected chi connectivity index (χ2v) is 6.49. The van der Waals surface area contributed by atoms with Crippen LogP contribution in [-0.2, 0) is 21.3 Å². The van der Waals surface area contributed by atoms with Gasteiger partial charge in [0.1, 0.15) is 0 Å². The first-order chi connectivity index (χ1) is 9.30. The highest BCUT2D eigenvalue weighted by Crippen LogP contribution is 2.05. The number of ether oxygens (including phenoxy) is 1. The van der Waals surface area contributed by atoms with Crippen LogP contribution in [0.15, 0.2) is 24.3 Å². The fourth-order valence-electron chi connectivity index (χ4n) is 1.47. The van der Waals surface area contributed by atoms with Gasteiger partial charge in [-0.05, 0) is 31.5 Å². The molecule has 20 heavy (non-hydrogen) atoms. The smallest absolute Gasteiger partial charge is 0.335 e. The summed E-state index contributed by atoms with van der Waals surface area (Å²) in [6.45, 7) is 3.85. The van der Waals surface area contributed by atoms with Crippen molar-refractivity contribution < 1.29 is 23.1 Å². The van der Waals surface area contributed by atoms with E-state index < -0.39 is 16.0 Å². The van der Waals surface area contributed by atoms with Crippen molar-refractivity contribution in [1.29, 1.82) is 0 Å². The summed E-state index contributed by atoms with van der Waals surface area (Å²) in [5, 5.41) is 8.85. The molecule has 0 atom stereocenters. The Balaban J connectivity index is 2.53. The average Bonchev–Trinajstić information content (AvgIpc) is 2.36. The Labute approximate surface area is 118 Å². The van der Waals surface area contributed by atoms with Crippen LogP contribution >= 0.6 is 0 Å². The molecule has 1 aromatic rings. The van der Waals surface area contributed by atoms with E-state index in [0.29, 0.717) is 5.56 Å². The molecule has 0 aromatic heterocycles. The number of nitrogens with one attached hydrogen (secondary N) is 1. The number of carboxylic acids is 1. The standard InChI is InChI=1S/C13H19NO5S/c1-10(2)19-6-7-20(17,18)14-9-11-4-3-5-12(8-11)13(15)16/h3-5,8,10,14H,6-7,9H2,1-2H3,(H,15,16). The number of rotatable bonds is 8. The molecule has 0 amide bonds. The van der Waals surface area contributed by atoms with Crippen molar-refractivity contribution in [1.82, 2.24) is 4.72 Å². The zero-order valence-corrected chi connectivity index (χ0v) is 12.3. The lowest BCUT2D eigenvalue weighted by molar-refractivity contribution is 0.0696. The van der Waals surface area contributed by atoms with E-state index in [1.807, 2.05) is 13.8 Å². The molecule has 0 heterocycles. The van der Waals surface area contributed by atoms with Crippen LogP contribution in [-0.4, -0.2) is 38.0 Å². The fourth-order valence-corrected chi connectivity index (χ4v) is 2.32. The van der Waals surface area contributed by atoms with Gasteiger partial charge in [-0.3, -0.25) is 0 Å². The number of carbonyl (C=O) groups is 1. The minimum atomic E-state index is -3.43. The molecular weight excluding hydrogens is 282 g/mol. The lowest BCUT2D eigenvalue weighted by Crippen LogP contribution is -2.28. The Hall–Kier alpha value is -1.44. The molecule has 0 saturated carbocycles. The number of benzene rings is 1. The van der Waals surface area contributed by atoms with Gasteiger partial charge in [0.05, 0.1) is 24.0 Å². The second-order valence-electron chi connectivity index (χ2n) is 4.57. The summed E-state index contributed by atoms with van der Waals surface area (Å²) in [5.74, 6) is -1.16. The van der Waals surface area contributed by atoms with Gasteiger partial charge in [0, 0.05) is 6.54 Å². The van der Waals surface area contributed by atoms with E-state index in [0.717, 1.165) is 0 Å². The van der Waals surface area contributed by atoms with Gasteiger partial charge in [-0.25, -0.2) is 17.9 Å². The van der Waals surface area contributed by atoms with Gasteiger partial charge in [-0.2, -0.15) is 0 Å². The summed E-state index contributed by atoms with van der Waals surface area (Å²) in [4.78, 5) is 10.8. The molecule has 7 heteroatoms. The van der Waals surface area contributed by atoms with Gasteiger partial charge in [0.25, 0.3) is 0 Å². The van der Waals surface area contributed by atoms with Gasteiger partial charge in [-0.1, -0.05) is 12.1 Å². The minimum Gasteiger partial charge on any atom is -0.478 e. The van der Waals surface area contributed by atoms with E-state index in [1.165, 1.54) is 12.1 Å². The summed E-state index contributed by atoms with van der Waals surface area (Å²) < 4.78 is 31.0. The first-order valence-electron chi connectivity index (χ1n) is 6.21. The summed E-state index contributed by atoms with van der Waals surface area (Å²) in [5.41, 5.74) is 0.725. The molecule has 0 radical (unpaired) electrons. The third-order valence-corrected chi connectivity index (χ3v) is 3.76. The van der Waals surface area contributed by atoms with Crippen LogP contribution in [0.4, 0.5) is 0 Å². The van der Waals surface area contributed by atoms with E-state index in [-0.39, 0.29) is 30.6 Å². The predicted molar refractivity (Wildman–Crippen MR) is 75.1 cm³/mol. The Bertz CT molecular complexity index is 554. The molecule has 0 saturated heterocycles. The van der Waals surface area contributed by atoms with Crippen LogP contribution in [0.25, 0.3) is 0 Å². The molecule has 1 rings (SSSR count). The Kier molecular flexibility index (Phi) is 6.12. The molecule has 0 spiro atoms. The zero-order chi connectivity index (χ0) is 15.2. The number of hydrogen-bond acceptors (Lipinski definition) is 4. The maximum atomic E-state index is 11.7. The summed E-state index contributed by atoms with van der Waals surface area (Å²) in [7, 11) is -3.43. The van der Waals surface area contributed by atoms with Gasteiger partial charge in [0.2, 0.25) is 10.0 Å². The van der Waals surface area contributed by atoms with E-state index in [9.17, 15) is 13.2 Å². The Morgan fingerprint density at radius 2 is 2.10 bits per heavy atom. The van der Waals surface area contributed by atoms with Gasteiger partial charge in [0.15, 0.2) is 0 Å². The van der Waals surface area contributed by atoms with E-state index in [4.69, 9.17) is 9.84 Å². The van der Waals surface area contributed by atoms with Crippen molar-refractivity contribution >= 4 is 16.0 Å². The van der Waals surface area contributed by atoms with Crippen molar-refractivity contribution in [3.8, 4) is 0 Å². The van der Waals surface area contributed by atoms with Crippen LogP contribution in [0.3, 0.4) is 0 Å². The van der Waals surface area contributed by atoms with Crippen molar-refractivity contribution in [3.63, 3.8) is 0 Å². The second kappa shape index (κ2) is 7.37. The Morgan fingerprint density at radius 3 is 2.70 bits per heavy atom. The molecule has 0 bridgehead atoms. The first kappa shape index (κ1) is 16.6. The van der Waals surface area contributed by atoms with Crippen LogP contribution in [0, 0.1) is 0 Å². The lowest BCUT2D eigenvalue weighted by atomic mass is 10.1. The molecule has 0 aliphatic rings. The Morgan fingerprint density at radius 1 is 1.40 bits per heavy atom. The molecule has 0 unspecified atom stereocenters. The monoisotopic (exact) mass is 301 g/mol. The molecular formula is C13H19NO5S. The normalized spacial score (nSPS) is 11.8. The molecule has 112 valence electrons. The summed E-state index contributed by atoms with van der Waals surface area (Å²) in [6.07, 6.45) is -0.0163. The quantitative estimate of drug-likeness (QED) is 0.753. The van der Waals surface area contributed by atoms with Crippen molar-refractivity contribution in [2.45, 2.75) is 26.5 Å². The first-order valence-corrected chi connectivity index (χ1v) is 7.86. The van der Waals surface area contributed by atoms with Gasteiger partial charge in [-0.15, -0.1) is 0 Å². The third-order valence-electron chi connectivity index (χ3n) is 2.47. The van der Waals surface area contributed by atoms with Crippen LogP contribution < -0.4 is 4.72 Å². The maximum Gasteiger partial charge on any atom is 0.335 e. The molecule has 1 aromatic carbocycles.